The quantitative estimate of drug-likeness (QED) is 0.851. The second-order valence-electron chi connectivity index (χ2n) is 7.57. The Labute approximate surface area is 170 Å². The van der Waals surface area contributed by atoms with Crippen LogP contribution in [-0.4, -0.2) is 49.7 Å². The molecule has 2 aromatic rings. The third-order valence-electron chi connectivity index (χ3n) is 5.67. The molecule has 0 aliphatic carbocycles. The minimum atomic E-state index is -0.0571. The Morgan fingerprint density at radius 2 is 2.00 bits per heavy atom. The van der Waals surface area contributed by atoms with Crippen LogP contribution in [0, 0.1) is 6.92 Å². The Morgan fingerprint density at radius 3 is 2.75 bits per heavy atom. The van der Waals surface area contributed by atoms with E-state index in [1.807, 2.05) is 43.3 Å². The maximum absolute atomic E-state index is 12.7. The van der Waals surface area contributed by atoms with Crippen molar-refractivity contribution in [3.05, 3.63) is 64.2 Å². The molecule has 6 heteroatoms. The maximum Gasteiger partial charge on any atom is 0.251 e. The summed E-state index contributed by atoms with van der Waals surface area (Å²) < 4.78 is 11.4. The summed E-state index contributed by atoms with van der Waals surface area (Å²) in [6.07, 6.45) is 0.951. The summed E-state index contributed by atoms with van der Waals surface area (Å²) in [7, 11) is 1.62. The van der Waals surface area contributed by atoms with E-state index in [0.717, 1.165) is 41.4 Å². The molecule has 2 aromatic carbocycles. The summed E-state index contributed by atoms with van der Waals surface area (Å²) >= 11 is 5.99. The lowest BCUT2D eigenvalue weighted by Crippen LogP contribution is -2.43. The maximum atomic E-state index is 12.7. The van der Waals surface area contributed by atoms with Crippen LogP contribution < -0.4 is 10.1 Å². The lowest BCUT2D eigenvalue weighted by molar-refractivity contribution is -0.0502. The van der Waals surface area contributed by atoms with Crippen molar-refractivity contribution in [2.45, 2.75) is 31.5 Å². The van der Waals surface area contributed by atoms with E-state index >= 15 is 0 Å². The van der Waals surface area contributed by atoms with Gasteiger partial charge in [0.05, 0.1) is 19.8 Å². The van der Waals surface area contributed by atoms with Crippen molar-refractivity contribution in [3.8, 4) is 5.75 Å². The Balaban J connectivity index is 1.37. The lowest BCUT2D eigenvalue weighted by atomic mass is 10.1. The standard InChI is InChI=1S/C22H25ClN2O3/c1-14-3-4-16(9-20(14)27-2)22(26)24-18-10-19-13-28-21(12-25(19)11-18)15-5-7-17(23)8-6-15/h3-9,18-19,21H,10-13H2,1-2H3,(H,24,26)/t18-,19+,21-/m1/s1. The first-order valence-electron chi connectivity index (χ1n) is 9.60. The fourth-order valence-electron chi connectivity index (χ4n) is 4.09. The van der Waals surface area contributed by atoms with E-state index in [0.29, 0.717) is 18.2 Å². The van der Waals surface area contributed by atoms with E-state index in [4.69, 9.17) is 21.1 Å². The van der Waals surface area contributed by atoms with Gasteiger partial charge >= 0.3 is 0 Å². The number of benzene rings is 2. The predicted octanol–water partition coefficient (Wildman–Crippen LogP) is 3.60. The number of nitrogens with zero attached hydrogens (tertiary/aromatic N) is 1. The number of methoxy groups -OCH3 is 1. The highest BCUT2D eigenvalue weighted by molar-refractivity contribution is 6.30. The van der Waals surface area contributed by atoms with Gasteiger partial charge in [-0.1, -0.05) is 29.8 Å². The minimum absolute atomic E-state index is 0.0457. The van der Waals surface area contributed by atoms with Crippen LogP contribution >= 0.6 is 11.6 Å². The van der Waals surface area contributed by atoms with Crippen molar-refractivity contribution in [3.63, 3.8) is 0 Å². The van der Waals surface area contributed by atoms with Crippen molar-refractivity contribution in [1.29, 1.82) is 0 Å². The SMILES string of the molecule is COc1cc(C(=O)N[C@@H]2C[C@H]3CO[C@@H](c4ccc(Cl)cc4)CN3C2)ccc1C. The number of aryl methyl sites for hydroxylation is 1. The number of halogens is 1. The molecule has 0 unspecified atom stereocenters. The highest BCUT2D eigenvalue weighted by atomic mass is 35.5. The van der Waals surface area contributed by atoms with Gasteiger partial charge in [0, 0.05) is 35.8 Å². The third-order valence-corrected chi connectivity index (χ3v) is 5.92. The number of hydrogen-bond donors (Lipinski definition) is 1. The average Bonchev–Trinajstić information content (AvgIpc) is 3.10. The molecule has 28 heavy (non-hydrogen) atoms. The van der Waals surface area contributed by atoms with Gasteiger partial charge in [0.1, 0.15) is 5.75 Å². The normalized spacial score (nSPS) is 24.6. The molecule has 1 N–H and O–H groups in total. The van der Waals surface area contributed by atoms with Gasteiger partial charge in [0.25, 0.3) is 5.91 Å². The average molecular weight is 401 g/mol. The van der Waals surface area contributed by atoms with E-state index in [-0.39, 0.29) is 18.1 Å². The zero-order valence-electron chi connectivity index (χ0n) is 16.2. The molecule has 2 aliphatic rings. The van der Waals surface area contributed by atoms with Crippen molar-refractivity contribution < 1.29 is 14.3 Å². The van der Waals surface area contributed by atoms with Gasteiger partial charge in [-0.15, -0.1) is 0 Å². The summed E-state index contributed by atoms with van der Waals surface area (Å²) in [5.74, 6) is 0.675. The summed E-state index contributed by atoms with van der Waals surface area (Å²) in [5.41, 5.74) is 2.78. The number of rotatable bonds is 4. The molecule has 4 rings (SSSR count). The number of ether oxygens (including phenoxy) is 2. The number of amides is 1. The van der Waals surface area contributed by atoms with Crippen LogP contribution in [0.25, 0.3) is 0 Å². The third kappa shape index (κ3) is 4.02. The summed E-state index contributed by atoms with van der Waals surface area (Å²) in [6.45, 7) is 4.31. The topological polar surface area (TPSA) is 50.8 Å². The molecule has 0 spiro atoms. The zero-order valence-corrected chi connectivity index (χ0v) is 16.9. The molecule has 0 radical (unpaired) electrons. The first-order chi connectivity index (χ1) is 13.5. The van der Waals surface area contributed by atoms with Crippen molar-refractivity contribution in [2.75, 3.05) is 26.8 Å². The molecule has 2 heterocycles. The number of morpholine rings is 1. The number of nitrogens with one attached hydrogen (secondary N) is 1. The van der Waals surface area contributed by atoms with E-state index < -0.39 is 0 Å². The van der Waals surface area contributed by atoms with Crippen molar-refractivity contribution in [1.82, 2.24) is 10.2 Å². The monoisotopic (exact) mass is 400 g/mol. The fourth-order valence-corrected chi connectivity index (χ4v) is 4.21. The Hall–Kier alpha value is -2.08. The van der Waals surface area contributed by atoms with Gasteiger partial charge in [-0.2, -0.15) is 0 Å². The van der Waals surface area contributed by atoms with Gasteiger partial charge < -0.3 is 14.8 Å². The van der Waals surface area contributed by atoms with Crippen LogP contribution in [-0.2, 0) is 4.74 Å². The van der Waals surface area contributed by atoms with Crippen LogP contribution in [0.4, 0.5) is 0 Å². The van der Waals surface area contributed by atoms with Gasteiger partial charge in [0.15, 0.2) is 0 Å². The Morgan fingerprint density at radius 1 is 1.21 bits per heavy atom. The second kappa shape index (κ2) is 8.11. The number of carbonyl (C=O) groups is 1. The summed E-state index contributed by atoms with van der Waals surface area (Å²) in [6, 6.07) is 13.9. The van der Waals surface area contributed by atoms with Crippen molar-refractivity contribution in [2.24, 2.45) is 0 Å². The zero-order chi connectivity index (χ0) is 19.7. The van der Waals surface area contributed by atoms with Crippen molar-refractivity contribution >= 4 is 17.5 Å². The number of fused-ring (bicyclic) bond motifs is 1. The minimum Gasteiger partial charge on any atom is -0.496 e. The fraction of sp³-hybridized carbons (Fsp3) is 0.409. The molecule has 0 saturated carbocycles. The van der Waals surface area contributed by atoms with Crippen LogP contribution in [0.15, 0.2) is 42.5 Å². The van der Waals surface area contributed by atoms with Gasteiger partial charge in [-0.25, -0.2) is 0 Å². The highest BCUT2D eigenvalue weighted by Gasteiger charge is 2.38. The molecule has 1 amide bonds. The molecule has 2 fully saturated rings. The van der Waals surface area contributed by atoms with E-state index in [2.05, 4.69) is 10.2 Å². The molecule has 3 atom stereocenters. The first kappa shape index (κ1) is 19.2. The smallest absolute Gasteiger partial charge is 0.251 e. The molecule has 2 aliphatic heterocycles. The van der Waals surface area contributed by atoms with Gasteiger partial charge in [-0.3, -0.25) is 9.69 Å². The van der Waals surface area contributed by atoms with Crippen LogP contribution in [0.2, 0.25) is 5.02 Å². The summed E-state index contributed by atoms with van der Waals surface area (Å²) in [4.78, 5) is 15.1. The lowest BCUT2D eigenvalue weighted by Gasteiger charge is -2.35. The number of carbonyl (C=O) groups excluding carboxylic acids is 1. The largest absolute Gasteiger partial charge is 0.496 e. The van der Waals surface area contributed by atoms with E-state index in [1.54, 1.807) is 13.2 Å². The molecule has 148 valence electrons. The van der Waals surface area contributed by atoms with E-state index in [9.17, 15) is 4.79 Å². The van der Waals surface area contributed by atoms with Crippen LogP contribution in [0.3, 0.4) is 0 Å². The number of hydrogen-bond acceptors (Lipinski definition) is 4. The van der Waals surface area contributed by atoms with E-state index in [1.165, 1.54) is 0 Å². The second-order valence-corrected chi connectivity index (χ2v) is 8.01. The van der Waals surface area contributed by atoms with Gasteiger partial charge in [-0.05, 0) is 48.7 Å². The molecule has 5 nitrogen and oxygen atoms in total. The molecular formula is C22H25ClN2O3. The molecule has 0 bridgehead atoms. The Bertz CT molecular complexity index is 855. The van der Waals surface area contributed by atoms with Gasteiger partial charge in [0.2, 0.25) is 0 Å². The predicted molar refractivity (Wildman–Crippen MR) is 109 cm³/mol. The Kier molecular flexibility index (Phi) is 5.58. The molecular weight excluding hydrogens is 376 g/mol. The van der Waals surface area contributed by atoms with Crippen LogP contribution in [0.1, 0.15) is 34.0 Å². The molecule has 2 saturated heterocycles. The summed E-state index contributed by atoms with van der Waals surface area (Å²) in [5, 5.41) is 3.91. The van der Waals surface area contributed by atoms with Crippen LogP contribution in [0.5, 0.6) is 5.75 Å². The molecule has 0 aromatic heterocycles. The highest BCUT2D eigenvalue weighted by Crippen LogP contribution is 2.31. The first-order valence-corrected chi connectivity index (χ1v) is 9.98.